The molecule has 0 radical (unpaired) electrons. The standard InChI is InChI=1S/C15H10Cl2N4O3/c1-8-4-5-18-15-19-13(20-21(8)15)14(23)24-7-12(22)9-2-3-10(16)11(17)6-9/h2-6H,7H2,1H3. The molecular weight excluding hydrogens is 355 g/mol. The monoisotopic (exact) mass is 364 g/mol. The first-order chi connectivity index (χ1) is 11.5. The van der Waals surface area contributed by atoms with Gasteiger partial charge in [0, 0.05) is 17.5 Å². The van der Waals surface area contributed by atoms with E-state index in [1.807, 2.05) is 0 Å². The zero-order valence-corrected chi connectivity index (χ0v) is 13.9. The van der Waals surface area contributed by atoms with Gasteiger partial charge in [-0.1, -0.05) is 23.2 Å². The van der Waals surface area contributed by atoms with E-state index in [4.69, 9.17) is 27.9 Å². The molecule has 24 heavy (non-hydrogen) atoms. The van der Waals surface area contributed by atoms with Gasteiger partial charge in [0.1, 0.15) is 0 Å². The van der Waals surface area contributed by atoms with Crippen LogP contribution in [0.5, 0.6) is 0 Å². The third kappa shape index (κ3) is 3.22. The Balaban J connectivity index is 1.71. The molecule has 9 heteroatoms. The number of aryl methyl sites for hydroxylation is 1. The van der Waals surface area contributed by atoms with Crippen LogP contribution in [0, 0.1) is 6.92 Å². The predicted molar refractivity (Wildman–Crippen MR) is 86.6 cm³/mol. The number of halogens is 2. The maximum atomic E-state index is 12.0. The Labute approximate surface area is 146 Å². The predicted octanol–water partition coefficient (Wildman–Crippen LogP) is 2.78. The lowest BCUT2D eigenvalue weighted by Gasteiger charge is -2.03. The molecule has 0 aliphatic heterocycles. The molecule has 3 aromatic rings. The van der Waals surface area contributed by atoms with Gasteiger partial charge in [-0.25, -0.2) is 14.3 Å². The number of hydrogen-bond acceptors (Lipinski definition) is 6. The van der Waals surface area contributed by atoms with Crippen molar-refractivity contribution in [1.82, 2.24) is 19.6 Å². The number of nitrogens with zero attached hydrogens (tertiary/aromatic N) is 4. The lowest BCUT2D eigenvalue weighted by Crippen LogP contribution is -2.15. The Bertz CT molecular complexity index is 955. The topological polar surface area (TPSA) is 86.5 Å². The SMILES string of the molecule is Cc1ccnc2nc(C(=O)OCC(=O)c3ccc(Cl)c(Cl)c3)nn12. The van der Waals surface area contributed by atoms with Crippen LogP contribution in [-0.2, 0) is 4.74 Å². The number of rotatable bonds is 4. The Morgan fingerprint density at radius 3 is 2.71 bits per heavy atom. The lowest BCUT2D eigenvalue weighted by atomic mass is 10.1. The molecule has 0 fully saturated rings. The fourth-order valence-corrected chi connectivity index (χ4v) is 2.24. The van der Waals surface area contributed by atoms with Crippen LogP contribution in [0.4, 0.5) is 0 Å². The van der Waals surface area contributed by atoms with Crippen LogP contribution in [0.3, 0.4) is 0 Å². The highest BCUT2D eigenvalue weighted by atomic mass is 35.5. The number of ketones is 1. The third-order valence-electron chi connectivity index (χ3n) is 3.19. The van der Waals surface area contributed by atoms with Gasteiger partial charge in [-0.15, -0.1) is 5.10 Å². The Morgan fingerprint density at radius 2 is 2.00 bits per heavy atom. The highest BCUT2D eigenvalue weighted by Crippen LogP contribution is 2.22. The largest absolute Gasteiger partial charge is 0.451 e. The van der Waals surface area contributed by atoms with E-state index in [2.05, 4.69) is 15.1 Å². The van der Waals surface area contributed by atoms with Crippen LogP contribution in [0.2, 0.25) is 10.0 Å². The number of carbonyl (C=O) groups is 2. The minimum absolute atomic E-state index is 0.168. The van der Waals surface area contributed by atoms with Crippen molar-refractivity contribution < 1.29 is 14.3 Å². The van der Waals surface area contributed by atoms with Crippen LogP contribution in [0.15, 0.2) is 30.5 Å². The molecular formula is C15H10Cl2N4O3. The molecule has 2 heterocycles. The number of Topliss-reactive ketones (excluding diaryl/α,β-unsaturated/α-hetero) is 1. The summed E-state index contributed by atoms with van der Waals surface area (Å²) in [6.07, 6.45) is 1.56. The van der Waals surface area contributed by atoms with Crippen molar-refractivity contribution in [3.63, 3.8) is 0 Å². The van der Waals surface area contributed by atoms with E-state index in [0.29, 0.717) is 5.02 Å². The molecule has 0 amide bonds. The first-order valence-corrected chi connectivity index (χ1v) is 7.55. The molecule has 7 nitrogen and oxygen atoms in total. The van der Waals surface area contributed by atoms with Gasteiger partial charge >= 0.3 is 5.97 Å². The van der Waals surface area contributed by atoms with E-state index in [1.165, 1.54) is 22.7 Å². The van der Waals surface area contributed by atoms with Gasteiger partial charge in [0.25, 0.3) is 11.6 Å². The Kier molecular flexibility index (Phi) is 4.46. The van der Waals surface area contributed by atoms with Gasteiger partial charge in [-0.3, -0.25) is 4.79 Å². The first kappa shape index (κ1) is 16.4. The van der Waals surface area contributed by atoms with Gasteiger partial charge in [0.05, 0.1) is 10.0 Å². The molecule has 0 spiro atoms. The summed E-state index contributed by atoms with van der Waals surface area (Å²) in [5.41, 5.74) is 1.05. The number of ether oxygens (including phenoxy) is 1. The first-order valence-electron chi connectivity index (χ1n) is 6.79. The second kappa shape index (κ2) is 6.54. The number of fused-ring (bicyclic) bond motifs is 1. The molecule has 0 saturated carbocycles. The summed E-state index contributed by atoms with van der Waals surface area (Å²) in [4.78, 5) is 32.0. The lowest BCUT2D eigenvalue weighted by molar-refractivity contribution is 0.0463. The van der Waals surface area contributed by atoms with Crippen LogP contribution >= 0.6 is 23.2 Å². The van der Waals surface area contributed by atoms with Crippen molar-refractivity contribution in [2.75, 3.05) is 6.61 Å². The minimum atomic E-state index is -0.812. The highest BCUT2D eigenvalue weighted by Gasteiger charge is 2.18. The van der Waals surface area contributed by atoms with Crippen molar-refractivity contribution >= 4 is 40.7 Å². The summed E-state index contributed by atoms with van der Waals surface area (Å²) in [6, 6.07) is 6.14. The molecule has 3 rings (SSSR count). The van der Waals surface area contributed by atoms with Crippen LogP contribution in [0.25, 0.3) is 5.78 Å². The number of benzene rings is 1. The molecule has 0 unspecified atom stereocenters. The van der Waals surface area contributed by atoms with Crippen LogP contribution in [0.1, 0.15) is 26.7 Å². The maximum Gasteiger partial charge on any atom is 0.378 e. The van der Waals surface area contributed by atoms with Crippen molar-refractivity contribution in [3.05, 3.63) is 57.6 Å². The van der Waals surface area contributed by atoms with E-state index in [1.54, 1.807) is 19.2 Å². The Morgan fingerprint density at radius 1 is 1.21 bits per heavy atom. The minimum Gasteiger partial charge on any atom is -0.451 e. The van der Waals surface area contributed by atoms with Gasteiger partial charge < -0.3 is 4.74 Å². The number of aromatic nitrogens is 4. The second-order valence-electron chi connectivity index (χ2n) is 4.86. The maximum absolute atomic E-state index is 12.0. The second-order valence-corrected chi connectivity index (χ2v) is 5.68. The summed E-state index contributed by atoms with van der Waals surface area (Å²) >= 11 is 11.6. The van der Waals surface area contributed by atoms with E-state index < -0.39 is 18.4 Å². The van der Waals surface area contributed by atoms with Crippen molar-refractivity contribution in [2.24, 2.45) is 0 Å². The van der Waals surface area contributed by atoms with E-state index >= 15 is 0 Å². The van der Waals surface area contributed by atoms with E-state index in [0.717, 1.165) is 5.69 Å². The smallest absolute Gasteiger partial charge is 0.378 e. The van der Waals surface area contributed by atoms with Crippen LogP contribution in [-0.4, -0.2) is 37.9 Å². The number of carbonyl (C=O) groups excluding carboxylic acids is 2. The molecule has 0 bridgehead atoms. The zero-order chi connectivity index (χ0) is 17.3. The third-order valence-corrected chi connectivity index (χ3v) is 3.93. The van der Waals surface area contributed by atoms with Crippen LogP contribution < -0.4 is 0 Å². The molecule has 0 N–H and O–H groups in total. The Hall–Kier alpha value is -2.51. The summed E-state index contributed by atoms with van der Waals surface area (Å²) in [5.74, 6) is -1.12. The van der Waals surface area contributed by atoms with Gasteiger partial charge in [0.2, 0.25) is 0 Å². The zero-order valence-electron chi connectivity index (χ0n) is 12.4. The molecule has 0 aliphatic rings. The molecule has 1 aromatic carbocycles. The number of hydrogen-bond donors (Lipinski definition) is 0. The highest BCUT2D eigenvalue weighted by molar-refractivity contribution is 6.42. The molecule has 0 saturated heterocycles. The quantitative estimate of drug-likeness (QED) is 0.522. The normalized spacial score (nSPS) is 10.8. The average Bonchev–Trinajstić information content (AvgIpc) is 3.00. The van der Waals surface area contributed by atoms with E-state index in [9.17, 15) is 9.59 Å². The van der Waals surface area contributed by atoms with Gasteiger partial charge in [-0.05, 0) is 31.2 Å². The fourth-order valence-electron chi connectivity index (χ4n) is 1.94. The average molecular weight is 365 g/mol. The molecule has 0 aliphatic carbocycles. The van der Waals surface area contributed by atoms with Gasteiger partial charge in [0.15, 0.2) is 12.4 Å². The summed E-state index contributed by atoms with van der Waals surface area (Å²) < 4.78 is 6.37. The number of esters is 1. The summed E-state index contributed by atoms with van der Waals surface area (Å²) in [6.45, 7) is 1.34. The van der Waals surface area contributed by atoms with Crippen molar-refractivity contribution in [3.8, 4) is 0 Å². The van der Waals surface area contributed by atoms with Gasteiger partial charge in [-0.2, -0.15) is 4.98 Å². The van der Waals surface area contributed by atoms with Crippen molar-refractivity contribution in [2.45, 2.75) is 6.92 Å². The molecule has 122 valence electrons. The molecule has 0 atom stereocenters. The van der Waals surface area contributed by atoms with Crippen molar-refractivity contribution in [1.29, 1.82) is 0 Å². The summed E-state index contributed by atoms with van der Waals surface area (Å²) in [7, 11) is 0. The van der Waals surface area contributed by atoms with E-state index in [-0.39, 0.29) is 22.2 Å². The summed E-state index contributed by atoms with van der Waals surface area (Å²) in [5, 5.41) is 4.59. The molecule has 2 aromatic heterocycles. The fraction of sp³-hybridized carbons (Fsp3) is 0.133.